The van der Waals surface area contributed by atoms with Crippen molar-refractivity contribution in [2.24, 2.45) is 0 Å². The van der Waals surface area contributed by atoms with E-state index in [0.29, 0.717) is 12.1 Å². The number of hydrogen-bond donors (Lipinski definition) is 2. The van der Waals surface area contributed by atoms with Gasteiger partial charge in [-0.1, -0.05) is 29.4 Å². The molecule has 128 valence electrons. The second-order valence-electron chi connectivity index (χ2n) is 5.57. The fraction of sp³-hybridized carbons (Fsp3) is 0.400. The second kappa shape index (κ2) is 6.50. The van der Waals surface area contributed by atoms with Gasteiger partial charge in [-0.2, -0.15) is 18.2 Å². The summed E-state index contributed by atoms with van der Waals surface area (Å²) in [5.41, 5.74) is 1.21. The summed E-state index contributed by atoms with van der Waals surface area (Å²) in [6.07, 6.45) is -1.51. The fourth-order valence-electron chi connectivity index (χ4n) is 2.20. The summed E-state index contributed by atoms with van der Waals surface area (Å²) in [6.45, 7) is 0.318. The predicted octanol–water partition coefficient (Wildman–Crippen LogP) is 3.11. The number of alkyl halides is 3. The van der Waals surface area contributed by atoms with Crippen LogP contribution in [0.2, 0.25) is 0 Å². The number of urea groups is 1. The molecule has 9 heteroatoms. The number of carbonyl (C=O) groups excluding carboxylic acids is 1. The Bertz CT molecular complexity index is 708. The Kier molecular flexibility index (Phi) is 4.41. The quantitative estimate of drug-likeness (QED) is 0.896. The van der Waals surface area contributed by atoms with Gasteiger partial charge >= 0.3 is 18.1 Å². The molecule has 0 atom stereocenters. The molecule has 0 aliphatic heterocycles. The topological polar surface area (TPSA) is 80.1 Å². The van der Waals surface area contributed by atoms with Gasteiger partial charge in [0.2, 0.25) is 5.82 Å². The van der Waals surface area contributed by atoms with Crippen molar-refractivity contribution in [3.05, 3.63) is 35.7 Å². The molecule has 1 aromatic carbocycles. The average molecular weight is 340 g/mol. The van der Waals surface area contributed by atoms with Crippen molar-refractivity contribution in [3.63, 3.8) is 0 Å². The van der Waals surface area contributed by atoms with E-state index in [1.54, 1.807) is 24.3 Å². The van der Waals surface area contributed by atoms with Crippen molar-refractivity contribution in [1.29, 1.82) is 0 Å². The minimum absolute atomic E-state index is 0.135. The smallest absolute Gasteiger partial charge is 0.335 e. The van der Waals surface area contributed by atoms with E-state index in [-0.39, 0.29) is 17.9 Å². The van der Waals surface area contributed by atoms with Gasteiger partial charge in [-0.15, -0.1) is 0 Å². The lowest BCUT2D eigenvalue weighted by Gasteiger charge is -2.26. The third-order valence-electron chi connectivity index (χ3n) is 3.77. The van der Waals surface area contributed by atoms with Crippen LogP contribution in [-0.2, 0) is 12.7 Å². The molecule has 6 nitrogen and oxygen atoms in total. The van der Waals surface area contributed by atoms with Gasteiger partial charge in [0.1, 0.15) is 0 Å². The summed E-state index contributed by atoms with van der Waals surface area (Å²) < 4.78 is 41.5. The number of carbonyl (C=O) groups is 1. The van der Waals surface area contributed by atoms with E-state index in [1.165, 1.54) is 0 Å². The van der Waals surface area contributed by atoms with Crippen LogP contribution in [0.15, 0.2) is 28.8 Å². The molecule has 1 aromatic heterocycles. The van der Waals surface area contributed by atoms with E-state index in [9.17, 15) is 18.0 Å². The summed E-state index contributed by atoms with van der Waals surface area (Å²) in [5, 5.41) is 8.90. The molecule has 0 bridgehead atoms. The molecule has 2 amide bonds. The van der Waals surface area contributed by atoms with Crippen molar-refractivity contribution in [2.45, 2.75) is 38.0 Å². The third-order valence-corrected chi connectivity index (χ3v) is 3.77. The maximum absolute atomic E-state index is 12.4. The van der Waals surface area contributed by atoms with E-state index in [2.05, 4.69) is 25.3 Å². The predicted molar refractivity (Wildman–Crippen MR) is 77.7 cm³/mol. The highest BCUT2D eigenvalue weighted by molar-refractivity contribution is 5.74. The minimum atomic E-state index is -4.66. The number of nitrogens with one attached hydrogen (secondary N) is 2. The van der Waals surface area contributed by atoms with Gasteiger partial charge in [0, 0.05) is 18.2 Å². The number of amides is 2. The zero-order valence-corrected chi connectivity index (χ0v) is 12.6. The normalized spacial score (nSPS) is 15.0. The Morgan fingerprint density at radius 3 is 2.50 bits per heavy atom. The summed E-state index contributed by atoms with van der Waals surface area (Å²) in [7, 11) is 0. The monoisotopic (exact) mass is 340 g/mol. The van der Waals surface area contributed by atoms with Gasteiger partial charge in [-0.25, -0.2) is 4.79 Å². The second-order valence-corrected chi connectivity index (χ2v) is 5.57. The Morgan fingerprint density at radius 1 is 1.25 bits per heavy atom. The highest BCUT2D eigenvalue weighted by Crippen LogP contribution is 2.29. The van der Waals surface area contributed by atoms with Crippen LogP contribution in [0.5, 0.6) is 0 Å². The molecule has 0 spiro atoms. The standard InChI is InChI=1S/C15H15F3N4O2/c16-15(17,18)13-21-12(22-24-13)10-6-4-9(5-7-10)8-19-14(23)20-11-2-1-3-11/h4-7,11H,1-3,8H2,(H2,19,20,23). The fourth-order valence-corrected chi connectivity index (χ4v) is 2.20. The van der Waals surface area contributed by atoms with E-state index >= 15 is 0 Å². The zero-order chi connectivity index (χ0) is 17.2. The molecule has 2 aromatic rings. The first-order chi connectivity index (χ1) is 11.4. The molecule has 0 saturated heterocycles. The van der Waals surface area contributed by atoms with Crippen molar-refractivity contribution in [3.8, 4) is 11.4 Å². The Balaban J connectivity index is 1.56. The van der Waals surface area contributed by atoms with Crippen molar-refractivity contribution in [2.75, 3.05) is 0 Å². The largest absolute Gasteiger partial charge is 0.471 e. The van der Waals surface area contributed by atoms with Crippen molar-refractivity contribution in [1.82, 2.24) is 20.8 Å². The number of rotatable bonds is 4. The van der Waals surface area contributed by atoms with Crippen LogP contribution in [0.25, 0.3) is 11.4 Å². The van der Waals surface area contributed by atoms with Crippen molar-refractivity contribution < 1.29 is 22.5 Å². The molecule has 1 heterocycles. The number of halogens is 3. The van der Waals surface area contributed by atoms with Gasteiger partial charge < -0.3 is 15.2 Å². The Labute approximate surface area is 135 Å². The lowest BCUT2D eigenvalue weighted by Crippen LogP contribution is -2.44. The van der Waals surface area contributed by atoms with E-state index in [4.69, 9.17) is 0 Å². The molecule has 1 aliphatic carbocycles. The molecule has 24 heavy (non-hydrogen) atoms. The molecule has 3 rings (SSSR count). The molecule has 1 aliphatic rings. The van der Waals surface area contributed by atoms with Crippen LogP contribution >= 0.6 is 0 Å². The third kappa shape index (κ3) is 3.84. The highest BCUT2D eigenvalue weighted by Gasteiger charge is 2.38. The van der Waals surface area contributed by atoms with E-state index in [1.807, 2.05) is 0 Å². The van der Waals surface area contributed by atoms with Gasteiger partial charge in [-0.3, -0.25) is 0 Å². The first-order valence-electron chi connectivity index (χ1n) is 7.46. The molecule has 1 fully saturated rings. The first kappa shape index (κ1) is 16.3. The SMILES string of the molecule is O=C(NCc1ccc(-c2noc(C(F)(F)F)n2)cc1)NC1CCC1. The lowest BCUT2D eigenvalue weighted by molar-refractivity contribution is -0.159. The van der Waals surface area contributed by atoms with E-state index in [0.717, 1.165) is 24.8 Å². The molecule has 0 unspecified atom stereocenters. The number of benzene rings is 1. The summed E-state index contributed by atoms with van der Waals surface area (Å²) in [4.78, 5) is 15.0. The number of aromatic nitrogens is 2. The number of hydrogen-bond acceptors (Lipinski definition) is 4. The Hall–Kier alpha value is -2.58. The average Bonchev–Trinajstić information content (AvgIpc) is 2.99. The molecular weight excluding hydrogens is 325 g/mol. The lowest BCUT2D eigenvalue weighted by atomic mass is 9.93. The molecule has 0 radical (unpaired) electrons. The van der Waals surface area contributed by atoms with Crippen LogP contribution in [0.1, 0.15) is 30.7 Å². The molecule has 1 saturated carbocycles. The van der Waals surface area contributed by atoms with Crippen LogP contribution in [-0.4, -0.2) is 22.2 Å². The summed E-state index contributed by atoms with van der Waals surface area (Å²) in [6, 6.07) is 6.55. The van der Waals surface area contributed by atoms with Gasteiger partial charge in [0.25, 0.3) is 0 Å². The highest BCUT2D eigenvalue weighted by atomic mass is 19.4. The first-order valence-corrected chi connectivity index (χ1v) is 7.46. The van der Waals surface area contributed by atoms with Crippen LogP contribution in [0.4, 0.5) is 18.0 Å². The van der Waals surface area contributed by atoms with Crippen LogP contribution in [0.3, 0.4) is 0 Å². The van der Waals surface area contributed by atoms with Gasteiger partial charge in [0.15, 0.2) is 0 Å². The molecule has 2 N–H and O–H groups in total. The summed E-state index contributed by atoms with van der Waals surface area (Å²) in [5.74, 6) is -1.51. The van der Waals surface area contributed by atoms with E-state index < -0.39 is 12.1 Å². The summed E-state index contributed by atoms with van der Waals surface area (Å²) >= 11 is 0. The van der Waals surface area contributed by atoms with Gasteiger partial charge in [-0.05, 0) is 24.8 Å². The maximum atomic E-state index is 12.4. The maximum Gasteiger partial charge on any atom is 0.471 e. The zero-order valence-electron chi connectivity index (χ0n) is 12.6. The number of nitrogens with zero attached hydrogens (tertiary/aromatic N) is 2. The van der Waals surface area contributed by atoms with Crippen molar-refractivity contribution >= 4 is 6.03 Å². The Morgan fingerprint density at radius 2 is 1.96 bits per heavy atom. The molecular formula is C15H15F3N4O2. The minimum Gasteiger partial charge on any atom is -0.335 e. The van der Waals surface area contributed by atoms with Gasteiger partial charge in [0.05, 0.1) is 0 Å². The van der Waals surface area contributed by atoms with Crippen LogP contribution < -0.4 is 10.6 Å². The van der Waals surface area contributed by atoms with Crippen LogP contribution in [0, 0.1) is 0 Å².